The topological polar surface area (TPSA) is 117 Å². The van der Waals surface area contributed by atoms with Gasteiger partial charge in [-0.05, 0) is 41.8 Å². The van der Waals surface area contributed by atoms with E-state index in [0.29, 0.717) is 43.3 Å². The molecule has 11 heteroatoms. The number of pyridine rings is 1. The number of halogens is 1. The Morgan fingerprint density at radius 2 is 1.82 bits per heavy atom. The van der Waals surface area contributed by atoms with Gasteiger partial charge in [0, 0.05) is 42.3 Å². The van der Waals surface area contributed by atoms with Crippen LogP contribution in [0.5, 0.6) is 0 Å². The number of carbonyl (C=O) groups excluding carboxylic acids is 1. The van der Waals surface area contributed by atoms with Gasteiger partial charge in [-0.1, -0.05) is 41.9 Å². The molecule has 0 saturated carbocycles. The first kappa shape index (κ1) is 25.8. The molecular weight excluding hydrogens is 538 g/mol. The highest BCUT2D eigenvalue weighted by Crippen LogP contribution is 2.45. The Balaban J connectivity index is 1.09. The van der Waals surface area contributed by atoms with Gasteiger partial charge >= 0.3 is 0 Å². The van der Waals surface area contributed by atoms with Crippen molar-refractivity contribution in [3.63, 3.8) is 0 Å². The van der Waals surface area contributed by atoms with E-state index in [4.69, 9.17) is 11.6 Å². The summed E-state index contributed by atoms with van der Waals surface area (Å²) < 4.78 is 26.8. The third-order valence-electron chi connectivity index (χ3n) is 7.94. The van der Waals surface area contributed by atoms with Crippen molar-refractivity contribution < 1.29 is 13.2 Å². The number of benzene rings is 2. The van der Waals surface area contributed by atoms with Crippen molar-refractivity contribution in [2.45, 2.75) is 30.8 Å². The lowest BCUT2D eigenvalue weighted by Crippen LogP contribution is -2.68. The standard InChI is InChI=1S/C28H28ClN5O4S/c29-21-8-9-24-22(13-21)25(32-31-24)14-30-27(36)23-10-12-39(37,38)28(23)17-33(18-28)15-19-4-6-20(7-5-19)16-34-11-2-1-3-26(34)35/h1-9,11,13,23H,10,12,14-18H2,(H,30,36)(H,31,32). The molecule has 0 radical (unpaired) electrons. The number of nitrogens with one attached hydrogen (secondary N) is 2. The van der Waals surface area contributed by atoms with Gasteiger partial charge in [0.05, 0.1) is 36.0 Å². The average Bonchev–Trinajstić information content (AvgIpc) is 3.42. The Labute approximate surface area is 230 Å². The summed E-state index contributed by atoms with van der Waals surface area (Å²) in [7, 11) is -3.40. The number of aromatic nitrogens is 3. The number of sulfone groups is 1. The molecule has 4 heterocycles. The molecule has 202 valence electrons. The minimum Gasteiger partial charge on any atom is -0.350 e. The van der Waals surface area contributed by atoms with Crippen molar-refractivity contribution >= 4 is 38.2 Å². The summed E-state index contributed by atoms with van der Waals surface area (Å²) in [5.41, 5.74) is 3.49. The Morgan fingerprint density at radius 1 is 1.08 bits per heavy atom. The predicted molar refractivity (Wildman–Crippen MR) is 149 cm³/mol. The van der Waals surface area contributed by atoms with Crippen molar-refractivity contribution in [1.29, 1.82) is 0 Å². The van der Waals surface area contributed by atoms with Gasteiger partial charge in [-0.25, -0.2) is 8.42 Å². The van der Waals surface area contributed by atoms with Crippen LogP contribution in [-0.4, -0.2) is 57.6 Å². The molecule has 1 atom stereocenters. The fraction of sp³-hybridized carbons (Fsp3) is 0.321. The molecule has 2 fully saturated rings. The number of H-pyrrole nitrogens is 1. The first-order chi connectivity index (χ1) is 18.7. The minimum atomic E-state index is -3.40. The van der Waals surface area contributed by atoms with E-state index >= 15 is 0 Å². The van der Waals surface area contributed by atoms with Crippen LogP contribution < -0.4 is 10.9 Å². The van der Waals surface area contributed by atoms with Gasteiger partial charge in [0.25, 0.3) is 5.56 Å². The first-order valence-electron chi connectivity index (χ1n) is 12.8. The smallest absolute Gasteiger partial charge is 0.250 e. The Hall–Kier alpha value is -3.47. The highest BCUT2D eigenvalue weighted by molar-refractivity contribution is 7.93. The van der Waals surface area contributed by atoms with Gasteiger partial charge < -0.3 is 9.88 Å². The predicted octanol–water partition coefficient (Wildman–Crippen LogP) is 2.73. The van der Waals surface area contributed by atoms with E-state index in [1.807, 2.05) is 36.4 Å². The normalized spacial score (nSPS) is 19.8. The van der Waals surface area contributed by atoms with Gasteiger partial charge in [-0.2, -0.15) is 5.10 Å². The van der Waals surface area contributed by atoms with Crippen LogP contribution in [0.3, 0.4) is 0 Å². The number of rotatable bonds is 7. The monoisotopic (exact) mass is 565 g/mol. The van der Waals surface area contributed by atoms with E-state index in [9.17, 15) is 18.0 Å². The molecule has 39 heavy (non-hydrogen) atoms. The van der Waals surface area contributed by atoms with Gasteiger partial charge in [0.15, 0.2) is 9.84 Å². The lowest BCUT2D eigenvalue weighted by atomic mass is 9.82. The molecule has 1 unspecified atom stereocenters. The fourth-order valence-electron chi connectivity index (χ4n) is 5.83. The number of hydrogen-bond donors (Lipinski definition) is 2. The van der Waals surface area contributed by atoms with Crippen molar-refractivity contribution in [3.05, 3.63) is 99.1 Å². The molecule has 2 aromatic carbocycles. The van der Waals surface area contributed by atoms with Crippen LogP contribution >= 0.6 is 11.6 Å². The van der Waals surface area contributed by atoms with Crippen LogP contribution in [0, 0.1) is 5.92 Å². The second-order valence-electron chi connectivity index (χ2n) is 10.4. The SMILES string of the molecule is O=C(NCc1n[nH]c2ccc(Cl)cc12)C1CCS(=O)(=O)C12CN(Cc1ccc(Cn3ccccc3=O)cc1)C2. The molecule has 9 nitrogen and oxygen atoms in total. The highest BCUT2D eigenvalue weighted by Gasteiger charge is 2.63. The molecular formula is C28H28ClN5O4S. The molecule has 2 N–H and O–H groups in total. The summed E-state index contributed by atoms with van der Waals surface area (Å²) >= 11 is 6.11. The maximum Gasteiger partial charge on any atom is 0.250 e. The molecule has 2 saturated heterocycles. The van der Waals surface area contributed by atoms with Crippen LogP contribution in [0.2, 0.25) is 5.02 Å². The van der Waals surface area contributed by atoms with Crippen LogP contribution in [0.4, 0.5) is 0 Å². The molecule has 0 bridgehead atoms. The molecule has 4 aromatic rings. The molecule has 1 spiro atoms. The van der Waals surface area contributed by atoms with Crippen LogP contribution in [-0.2, 0) is 34.3 Å². The fourth-order valence-corrected chi connectivity index (χ4v) is 8.37. The maximum atomic E-state index is 13.2. The Bertz CT molecular complexity index is 1710. The van der Waals surface area contributed by atoms with Crippen molar-refractivity contribution in [2.24, 2.45) is 5.92 Å². The summed E-state index contributed by atoms with van der Waals surface area (Å²) in [6, 6.07) is 18.4. The number of aromatic amines is 1. The van der Waals surface area contributed by atoms with E-state index in [0.717, 1.165) is 22.0 Å². The lowest BCUT2D eigenvalue weighted by molar-refractivity contribution is -0.128. The number of hydrogen-bond acceptors (Lipinski definition) is 6. The molecule has 2 aromatic heterocycles. The number of amides is 1. The van der Waals surface area contributed by atoms with Crippen LogP contribution in [0.25, 0.3) is 10.9 Å². The maximum absolute atomic E-state index is 13.2. The number of nitrogens with zero attached hydrogens (tertiary/aromatic N) is 3. The number of fused-ring (bicyclic) bond motifs is 1. The van der Waals surface area contributed by atoms with Crippen molar-refractivity contribution in [3.8, 4) is 0 Å². The van der Waals surface area contributed by atoms with Crippen LogP contribution in [0.15, 0.2) is 71.7 Å². The molecule has 2 aliphatic heterocycles. The summed E-state index contributed by atoms with van der Waals surface area (Å²) in [4.78, 5) is 27.3. The van der Waals surface area contributed by atoms with E-state index in [-0.39, 0.29) is 23.8 Å². The average molecular weight is 566 g/mol. The van der Waals surface area contributed by atoms with Crippen LogP contribution in [0.1, 0.15) is 23.2 Å². The van der Waals surface area contributed by atoms with Crippen molar-refractivity contribution in [2.75, 3.05) is 18.8 Å². The summed E-state index contributed by atoms with van der Waals surface area (Å²) in [6.07, 6.45) is 2.08. The first-order valence-corrected chi connectivity index (χ1v) is 14.9. The largest absolute Gasteiger partial charge is 0.350 e. The quantitative estimate of drug-likeness (QED) is 0.356. The zero-order valence-corrected chi connectivity index (χ0v) is 22.7. The third-order valence-corrected chi connectivity index (χ3v) is 10.7. The Morgan fingerprint density at radius 3 is 2.56 bits per heavy atom. The van der Waals surface area contributed by atoms with Crippen molar-refractivity contribution in [1.82, 2.24) is 25.0 Å². The number of likely N-dealkylation sites (tertiary alicyclic amines) is 1. The van der Waals surface area contributed by atoms with Gasteiger partial charge in [0.1, 0.15) is 4.75 Å². The Kier molecular flexibility index (Phi) is 6.57. The zero-order chi connectivity index (χ0) is 27.2. The summed E-state index contributed by atoms with van der Waals surface area (Å²) in [5.74, 6) is -0.832. The van der Waals surface area contributed by atoms with E-state index < -0.39 is 20.5 Å². The van der Waals surface area contributed by atoms with E-state index in [1.54, 1.807) is 29.0 Å². The van der Waals surface area contributed by atoms with Gasteiger partial charge in [0.2, 0.25) is 5.91 Å². The second kappa shape index (κ2) is 9.93. The van der Waals surface area contributed by atoms with Gasteiger partial charge in [-0.3, -0.25) is 19.6 Å². The molecule has 2 aliphatic rings. The molecule has 0 aliphatic carbocycles. The summed E-state index contributed by atoms with van der Waals surface area (Å²) in [6.45, 7) is 1.93. The van der Waals surface area contributed by atoms with Gasteiger partial charge in [-0.15, -0.1) is 0 Å². The third kappa shape index (κ3) is 4.77. The molecule has 6 rings (SSSR count). The van der Waals surface area contributed by atoms with E-state index in [2.05, 4.69) is 20.4 Å². The minimum absolute atomic E-state index is 0.0213. The summed E-state index contributed by atoms with van der Waals surface area (Å²) in [5, 5.41) is 11.5. The van der Waals surface area contributed by atoms with E-state index in [1.165, 1.54) is 6.07 Å². The number of carbonyl (C=O) groups is 1. The second-order valence-corrected chi connectivity index (χ2v) is 13.3. The molecule has 1 amide bonds. The zero-order valence-electron chi connectivity index (χ0n) is 21.1. The lowest BCUT2D eigenvalue weighted by Gasteiger charge is -2.49. The highest BCUT2D eigenvalue weighted by atomic mass is 35.5.